The second kappa shape index (κ2) is 16.5. The van der Waals surface area contributed by atoms with Gasteiger partial charge in [-0.05, 0) is 49.1 Å². The molecule has 3 rings (SSSR count). The van der Waals surface area contributed by atoms with Crippen LogP contribution in [0.1, 0.15) is 87.9 Å². The van der Waals surface area contributed by atoms with Crippen LogP contribution >= 0.6 is 11.6 Å². The highest BCUT2D eigenvalue weighted by Gasteiger charge is 2.41. The van der Waals surface area contributed by atoms with Gasteiger partial charge in [0, 0.05) is 37.4 Å². The molecular weight excluding hydrogens is 490 g/mol. The lowest BCUT2D eigenvalue weighted by atomic mass is 9.84. The monoisotopic (exact) mass is 535 g/mol. The molecule has 0 aromatic heterocycles. The van der Waals surface area contributed by atoms with Crippen LogP contribution < -0.4 is 0 Å². The zero-order valence-corrected chi connectivity index (χ0v) is 23.2. The maximum atomic E-state index is 12.0. The van der Waals surface area contributed by atoms with Crippen LogP contribution in [0.3, 0.4) is 0 Å². The van der Waals surface area contributed by atoms with E-state index in [0.717, 1.165) is 88.9 Å². The number of carbonyl (C=O) groups excluding carboxylic acids is 1. The first kappa shape index (κ1) is 30.1. The quantitative estimate of drug-likeness (QED) is 0.136. The van der Waals surface area contributed by atoms with Crippen LogP contribution in [0.25, 0.3) is 0 Å². The van der Waals surface area contributed by atoms with Gasteiger partial charge in [0.25, 0.3) is 0 Å². The molecule has 0 radical (unpaired) electrons. The molecule has 1 saturated carbocycles. The molecule has 0 bridgehead atoms. The van der Waals surface area contributed by atoms with E-state index < -0.39 is 12.2 Å². The van der Waals surface area contributed by atoms with Gasteiger partial charge in [0.05, 0.1) is 25.4 Å². The average molecular weight is 536 g/mol. The lowest BCUT2D eigenvalue weighted by molar-refractivity contribution is -0.144. The Kier molecular flexibility index (Phi) is 13.4. The van der Waals surface area contributed by atoms with Gasteiger partial charge in [-0.15, -0.1) is 11.6 Å². The predicted molar refractivity (Wildman–Crippen MR) is 148 cm³/mol. The number of alkyl halides is 1. The molecule has 1 aromatic rings. The highest BCUT2D eigenvalue weighted by Crippen LogP contribution is 2.45. The SMILES string of the molecule is CCCCC[C@@H](O)c1ccc([C@@H]2[C@@H](CC=CCCCC(=O)OCCN3CCOCC3)[C@H](Cl)C[C@H]2O)cc1. The van der Waals surface area contributed by atoms with Crippen LogP contribution in [0.5, 0.6) is 0 Å². The Morgan fingerprint density at radius 3 is 2.68 bits per heavy atom. The largest absolute Gasteiger partial charge is 0.464 e. The van der Waals surface area contributed by atoms with Crippen molar-refractivity contribution < 1.29 is 24.5 Å². The minimum Gasteiger partial charge on any atom is -0.464 e. The molecule has 6 nitrogen and oxygen atoms in total. The van der Waals surface area contributed by atoms with Crippen molar-refractivity contribution in [3.8, 4) is 0 Å². The van der Waals surface area contributed by atoms with Gasteiger partial charge in [-0.1, -0.05) is 62.6 Å². The summed E-state index contributed by atoms with van der Waals surface area (Å²) in [5.74, 6) is -0.00124. The standard InChI is InChI=1S/C30H46ClNO5/c1-2-3-6-10-27(33)23-12-14-24(15-13-23)30-25(26(31)22-28(30)34)9-7-4-5-8-11-29(35)37-21-18-32-16-19-36-20-17-32/h4,7,12-15,25-28,30,33-34H,2-3,5-6,8-11,16-22H2,1H3/t25-,26+,27+,28+,30+/m0/s1. The molecule has 208 valence electrons. The summed E-state index contributed by atoms with van der Waals surface area (Å²) in [6.07, 6.45) is 10.8. The molecule has 37 heavy (non-hydrogen) atoms. The number of esters is 1. The van der Waals surface area contributed by atoms with E-state index in [2.05, 4.69) is 24.0 Å². The minimum atomic E-state index is -0.464. The predicted octanol–water partition coefficient (Wildman–Crippen LogP) is 5.36. The van der Waals surface area contributed by atoms with Crippen LogP contribution in [0.15, 0.2) is 36.4 Å². The normalized spacial score (nSPS) is 25.5. The Morgan fingerprint density at radius 1 is 1.19 bits per heavy atom. The van der Waals surface area contributed by atoms with E-state index in [4.69, 9.17) is 21.1 Å². The van der Waals surface area contributed by atoms with Gasteiger partial charge in [-0.3, -0.25) is 9.69 Å². The minimum absolute atomic E-state index is 0.0140. The number of ether oxygens (including phenoxy) is 2. The summed E-state index contributed by atoms with van der Waals surface area (Å²) in [4.78, 5) is 14.2. The molecular formula is C30H46ClNO5. The fourth-order valence-electron chi connectivity index (χ4n) is 5.44. The third-order valence-electron chi connectivity index (χ3n) is 7.70. The number of halogens is 1. The highest BCUT2D eigenvalue weighted by molar-refractivity contribution is 6.21. The summed E-state index contributed by atoms with van der Waals surface area (Å²) in [6, 6.07) is 8.07. The van der Waals surface area contributed by atoms with Gasteiger partial charge < -0.3 is 19.7 Å². The van der Waals surface area contributed by atoms with Gasteiger partial charge in [-0.2, -0.15) is 0 Å². The Bertz CT molecular complexity index is 811. The molecule has 2 aliphatic rings. The van der Waals surface area contributed by atoms with E-state index in [9.17, 15) is 15.0 Å². The summed E-state index contributed by atoms with van der Waals surface area (Å²) in [5, 5.41) is 21.1. The van der Waals surface area contributed by atoms with Gasteiger partial charge in [0.15, 0.2) is 0 Å². The topological polar surface area (TPSA) is 79.2 Å². The number of nitrogens with zero attached hydrogens (tertiary/aromatic N) is 1. The molecule has 1 aliphatic heterocycles. The number of allylic oxidation sites excluding steroid dienone is 2. The molecule has 1 aromatic carbocycles. The Hall–Kier alpha value is -1.44. The van der Waals surface area contributed by atoms with Crippen LogP contribution in [0.4, 0.5) is 0 Å². The van der Waals surface area contributed by atoms with Crippen molar-refractivity contribution in [1.29, 1.82) is 0 Å². The molecule has 0 unspecified atom stereocenters. The maximum Gasteiger partial charge on any atom is 0.305 e. The number of morpholine rings is 1. The van der Waals surface area contributed by atoms with Gasteiger partial charge in [-0.25, -0.2) is 0 Å². The van der Waals surface area contributed by atoms with E-state index in [-0.39, 0.29) is 23.2 Å². The fraction of sp³-hybridized carbons (Fsp3) is 0.700. The van der Waals surface area contributed by atoms with Crippen molar-refractivity contribution >= 4 is 17.6 Å². The van der Waals surface area contributed by atoms with E-state index in [1.807, 2.05) is 24.3 Å². The maximum absolute atomic E-state index is 12.0. The van der Waals surface area contributed by atoms with Gasteiger partial charge in [0.1, 0.15) is 6.61 Å². The van der Waals surface area contributed by atoms with Crippen molar-refractivity contribution in [1.82, 2.24) is 4.90 Å². The molecule has 2 fully saturated rings. The number of carbonyl (C=O) groups is 1. The zero-order chi connectivity index (χ0) is 26.5. The second-order valence-corrected chi connectivity index (χ2v) is 11.0. The summed E-state index contributed by atoms with van der Waals surface area (Å²) < 4.78 is 10.7. The van der Waals surface area contributed by atoms with E-state index in [1.165, 1.54) is 0 Å². The molecule has 0 amide bonds. The van der Waals surface area contributed by atoms with E-state index >= 15 is 0 Å². The third kappa shape index (κ3) is 9.99. The van der Waals surface area contributed by atoms with E-state index in [0.29, 0.717) is 19.4 Å². The van der Waals surface area contributed by atoms with Crippen molar-refractivity contribution in [2.24, 2.45) is 5.92 Å². The summed E-state index contributed by atoms with van der Waals surface area (Å²) in [7, 11) is 0. The van der Waals surface area contributed by atoms with Crippen LogP contribution in [0, 0.1) is 5.92 Å². The van der Waals surface area contributed by atoms with Crippen molar-refractivity contribution in [3.63, 3.8) is 0 Å². The van der Waals surface area contributed by atoms with Crippen LogP contribution in [-0.2, 0) is 14.3 Å². The number of unbranched alkanes of at least 4 members (excludes halogenated alkanes) is 3. The molecule has 2 N–H and O–H groups in total. The first-order chi connectivity index (χ1) is 18.0. The molecule has 0 spiro atoms. The molecule has 1 heterocycles. The van der Waals surface area contributed by atoms with Gasteiger partial charge in [0.2, 0.25) is 0 Å². The lowest BCUT2D eigenvalue weighted by Crippen LogP contribution is -2.38. The molecule has 7 heteroatoms. The van der Waals surface area contributed by atoms with Crippen molar-refractivity contribution in [2.45, 2.75) is 88.2 Å². The summed E-state index contributed by atoms with van der Waals surface area (Å²) in [6.45, 7) is 6.68. The highest BCUT2D eigenvalue weighted by atomic mass is 35.5. The summed E-state index contributed by atoms with van der Waals surface area (Å²) >= 11 is 6.65. The number of benzene rings is 1. The molecule has 1 aliphatic carbocycles. The lowest BCUT2D eigenvalue weighted by Gasteiger charge is -2.26. The Labute approximate surface area is 228 Å². The number of rotatable bonds is 15. The Balaban J connectivity index is 1.38. The first-order valence-electron chi connectivity index (χ1n) is 14.2. The first-order valence-corrected chi connectivity index (χ1v) is 14.6. The number of hydrogen-bond acceptors (Lipinski definition) is 6. The van der Waals surface area contributed by atoms with Crippen LogP contribution in [-0.4, -0.2) is 72.0 Å². The van der Waals surface area contributed by atoms with E-state index in [1.54, 1.807) is 0 Å². The Morgan fingerprint density at radius 2 is 1.95 bits per heavy atom. The number of aliphatic hydroxyl groups excluding tert-OH is 2. The summed E-state index contributed by atoms with van der Waals surface area (Å²) in [5.41, 5.74) is 2.02. The fourth-order valence-corrected chi connectivity index (χ4v) is 5.88. The van der Waals surface area contributed by atoms with Gasteiger partial charge >= 0.3 is 5.97 Å². The molecule has 5 atom stereocenters. The van der Waals surface area contributed by atoms with Crippen molar-refractivity contribution in [2.75, 3.05) is 39.5 Å². The second-order valence-electron chi connectivity index (χ2n) is 10.5. The molecule has 1 saturated heterocycles. The average Bonchev–Trinajstić information content (AvgIpc) is 3.19. The third-order valence-corrected chi connectivity index (χ3v) is 8.20. The number of aliphatic hydroxyl groups is 2. The van der Waals surface area contributed by atoms with Crippen molar-refractivity contribution in [3.05, 3.63) is 47.5 Å². The van der Waals surface area contributed by atoms with Crippen LogP contribution in [0.2, 0.25) is 0 Å². The smallest absolute Gasteiger partial charge is 0.305 e. The zero-order valence-electron chi connectivity index (χ0n) is 22.4. The number of hydrogen-bond donors (Lipinski definition) is 2.